The number of hydrogen-bond acceptors (Lipinski definition) is 13. The number of carbonyl (C=O) groups excluding carboxylic acids is 2. The van der Waals surface area contributed by atoms with Crippen molar-refractivity contribution in [3.8, 4) is 40.6 Å². The summed E-state index contributed by atoms with van der Waals surface area (Å²) < 4.78 is 32.4. The summed E-state index contributed by atoms with van der Waals surface area (Å²) in [7, 11) is 4.76. The second-order valence-electron chi connectivity index (χ2n) is 9.01. The lowest BCUT2D eigenvalue weighted by Crippen LogP contribution is -2.26. The molecule has 13 nitrogen and oxygen atoms in total. The van der Waals surface area contributed by atoms with Crippen molar-refractivity contribution < 1.29 is 52.7 Å². The third-order valence-corrected chi connectivity index (χ3v) is 6.70. The van der Waals surface area contributed by atoms with E-state index in [1.165, 1.54) is 21.3 Å². The van der Waals surface area contributed by atoms with Gasteiger partial charge in [0.05, 0.1) is 68.9 Å². The van der Waals surface area contributed by atoms with Crippen molar-refractivity contribution in [3.05, 3.63) is 49.8 Å². The minimum atomic E-state index is -1.64. The summed E-state index contributed by atoms with van der Waals surface area (Å²) in [6, 6.07) is 3.02. The Balaban J connectivity index is 2.27. The highest BCUT2D eigenvalue weighted by atomic mass is 16.6. The summed E-state index contributed by atoms with van der Waals surface area (Å²) in [6.45, 7) is 2.27. The monoisotopic (exact) mass is 570 g/mol. The summed E-state index contributed by atoms with van der Waals surface area (Å²) in [4.78, 5) is 52.9. The van der Waals surface area contributed by atoms with Crippen LogP contribution in [0.5, 0.6) is 40.6 Å². The Morgan fingerprint density at radius 2 is 1.17 bits per heavy atom. The van der Waals surface area contributed by atoms with Crippen molar-refractivity contribution in [2.45, 2.75) is 25.7 Å². The molecule has 0 aliphatic carbocycles. The molecular weight excluding hydrogens is 544 g/mol. The van der Waals surface area contributed by atoms with E-state index in [9.17, 15) is 34.5 Å². The fraction of sp³-hybridized carbons (Fsp3) is 0.286. The first-order valence-corrected chi connectivity index (χ1v) is 12.0. The summed E-state index contributed by atoms with van der Waals surface area (Å²) in [6.07, 6.45) is 0. The van der Waals surface area contributed by atoms with Gasteiger partial charge in [-0.25, -0.2) is 0 Å². The fourth-order valence-electron chi connectivity index (χ4n) is 5.00. The summed E-state index contributed by atoms with van der Waals surface area (Å²) in [5, 5.41) is 31.7. The van der Waals surface area contributed by atoms with E-state index < -0.39 is 68.2 Å². The minimum absolute atomic E-state index is 0.161. The van der Waals surface area contributed by atoms with Crippen molar-refractivity contribution in [1.82, 2.24) is 0 Å². The maximum atomic E-state index is 13.5. The zero-order chi connectivity index (χ0) is 30.3. The maximum Gasteiger partial charge on any atom is 0.288 e. The third-order valence-electron chi connectivity index (χ3n) is 6.70. The molecule has 0 aliphatic rings. The van der Waals surface area contributed by atoms with E-state index in [2.05, 4.69) is 0 Å². The molecule has 0 bridgehead atoms. The molecule has 4 rings (SSSR count). The molecule has 0 fully saturated rings. The SMILES string of the molecule is COc1cc(=O)c2cc(O)c(OC)c(C(C(C)=O)C(C(C)=O)c3c(OC)c(O)c(O)c4c(=O)cc(OC)oc34)c2o1. The molecule has 13 heteroatoms. The van der Waals surface area contributed by atoms with Gasteiger partial charge in [-0.2, -0.15) is 0 Å². The van der Waals surface area contributed by atoms with Crippen molar-refractivity contribution >= 4 is 33.5 Å². The lowest BCUT2D eigenvalue weighted by atomic mass is 9.75. The molecule has 0 saturated carbocycles. The van der Waals surface area contributed by atoms with Crippen LogP contribution in [0.3, 0.4) is 0 Å². The third kappa shape index (κ3) is 4.54. The molecule has 4 aromatic rings. The molecule has 0 amide bonds. The average Bonchev–Trinajstić information content (AvgIpc) is 2.92. The van der Waals surface area contributed by atoms with Crippen LogP contribution in [0.2, 0.25) is 0 Å². The van der Waals surface area contributed by atoms with Gasteiger partial charge in [-0.15, -0.1) is 0 Å². The van der Waals surface area contributed by atoms with Gasteiger partial charge in [0, 0.05) is 0 Å². The van der Waals surface area contributed by atoms with Crippen LogP contribution in [-0.2, 0) is 9.59 Å². The number of rotatable bonds is 9. The predicted molar refractivity (Wildman–Crippen MR) is 143 cm³/mol. The van der Waals surface area contributed by atoms with Crippen molar-refractivity contribution in [1.29, 1.82) is 0 Å². The number of hydrogen-bond donors (Lipinski definition) is 3. The van der Waals surface area contributed by atoms with Gasteiger partial charge >= 0.3 is 0 Å². The minimum Gasteiger partial charge on any atom is -0.504 e. The Hall–Kier alpha value is -5.20. The number of carbonyl (C=O) groups is 2. The van der Waals surface area contributed by atoms with Crippen molar-refractivity contribution in [2.75, 3.05) is 28.4 Å². The first-order chi connectivity index (χ1) is 19.4. The number of aromatic hydroxyl groups is 3. The first-order valence-electron chi connectivity index (χ1n) is 12.0. The molecule has 2 unspecified atom stereocenters. The van der Waals surface area contributed by atoms with Gasteiger partial charge in [0.2, 0.25) is 11.2 Å². The van der Waals surface area contributed by atoms with Crippen LogP contribution in [0.15, 0.2) is 36.6 Å². The van der Waals surface area contributed by atoms with Gasteiger partial charge in [-0.05, 0) is 19.9 Å². The van der Waals surface area contributed by atoms with E-state index in [1.54, 1.807) is 0 Å². The van der Waals surface area contributed by atoms with E-state index in [-0.39, 0.29) is 39.7 Å². The standard InChI is InChI=1S/C28H26O13/c1-10(29)18(21-25-12(7-15(33)26(21)38-5)13(31)8-16(36-3)40-25)19(11(2)30)22-27-20(14(32)9-17(37-4)41-27)23(34)24(35)28(22)39-6/h7-9,18-19,33-35H,1-6H3. The molecule has 3 N–H and O–H groups in total. The molecule has 0 radical (unpaired) electrons. The first kappa shape index (κ1) is 28.8. The fourth-order valence-corrected chi connectivity index (χ4v) is 5.00. The zero-order valence-electron chi connectivity index (χ0n) is 22.8. The predicted octanol–water partition coefficient (Wildman–Crippen LogP) is 3.10. The molecule has 216 valence electrons. The second-order valence-corrected chi connectivity index (χ2v) is 9.01. The van der Waals surface area contributed by atoms with E-state index >= 15 is 0 Å². The molecule has 2 atom stereocenters. The average molecular weight is 571 g/mol. The van der Waals surface area contributed by atoms with Gasteiger partial charge in [0.15, 0.2) is 34.0 Å². The highest BCUT2D eigenvalue weighted by Gasteiger charge is 2.42. The van der Waals surface area contributed by atoms with Crippen molar-refractivity contribution in [3.63, 3.8) is 0 Å². The topological polar surface area (TPSA) is 192 Å². The molecule has 41 heavy (non-hydrogen) atoms. The van der Waals surface area contributed by atoms with Gasteiger partial charge in [-0.3, -0.25) is 19.2 Å². The number of Topliss-reactive ketones (excluding diaryl/α,β-unsaturated/α-hetero) is 2. The van der Waals surface area contributed by atoms with Crippen molar-refractivity contribution in [2.24, 2.45) is 0 Å². The van der Waals surface area contributed by atoms with Crippen LogP contribution in [-0.4, -0.2) is 55.3 Å². The quantitative estimate of drug-likeness (QED) is 0.249. The summed E-state index contributed by atoms with van der Waals surface area (Å²) >= 11 is 0. The van der Waals surface area contributed by atoms with Crippen LogP contribution in [0.4, 0.5) is 0 Å². The van der Waals surface area contributed by atoms with E-state index in [0.29, 0.717) is 0 Å². The molecule has 2 heterocycles. The van der Waals surface area contributed by atoms with Crippen LogP contribution in [0.1, 0.15) is 36.8 Å². The Bertz CT molecular complexity index is 1830. The number of benzene rings is 2. The molecule has 0 spiro atoms. The van der Waals surface area contributed by atoms with Gasteiger partial charge < -0.3 is 43.1 Å². The summed E-state index contributed by atoms with van der Waals surface area (Å²) in [5.74, 6) is -8.31. The molecule has 0 saturated heterocycles. The number of ketones is 2. The number of fused-ring (bicyclic) bond motifs is 2. The summed E-state index contributed by atoms with van der Waals surface area (Å²) in [5.41, 5.74) is -2.64. The van der Waals surface area contributed by atoms with E-state index in [0.717, 1.165) is 39.2 Å². The van der Waals surface area contributed by atoms with Gasteiger partial charge in [0.25, 0.3) is 11.9 Å². The number of methoxy groups -OCH3 is 4. The normalized spacial score (nSPS) is 12.6. The Kier molecular flexibility index (Phi) is 7.55. The maximum absolute atomic E-state index is 13.5. The van der Waals surface area contributed by atoms with Crippen LogP contribution >= 0.6 is 0 Å². The molecule has 0 aliphatic heterocycles. The number of phenolic OH excluding ortho intramolecular Hbond substituents is 3. The number of ether oxygens (including phenoxy) is 4. The Morgan fingerprint density at radius 3 is 1.66 bits per heavy atom. The van der Waals surface area contributed by atoms with E-state index in [1.807, 2.05) is 0 Å². The van der Waals surface area contributed by atoms with Gasteiger partial charge in [-0.1, -0.05) is 0 Å². The molecular formula is C28H26O13. The molecule has 2 aromatic carbocycles. The van der Waals surface area contributed by atoms with Crippen LogP contribution in [0, 0.1) is 0 Å². The van der Waals surface area contributed by atoms with E-state index in [4.69, 9.17) is 27.8 Å². The number of phenols is 3. The van der Waals surface area contributed by atoms with Crippen LogP contribution < -0.4 is 29.8 Å². The lowest BCUT2D eigenvalue weighted by molar-refractivity contribution is -0.125. The smallest absolute Gasteiger partial charge is 0.288 e. The largest absolute Gasteiger partial charge is 0.504 e. The second kappa shape index (κ2) is 10.8. The Labute approximate surface area is 231 Å². The molecule has 2 aromatic heterocycles. The lowest BCUT2D eigenvalue weighted by Gasteiger charge is -2.28. The highest BCUT2D eigenvalue weighted by molar-refractivity contribution is 6.03. The van der Waals surface area contributed by atoms with Gasteiger partial charge in [0.1, 0.15) is 22.5 Å². The highest BCUT2D eigenvalue weighted by Crippen LogP contribution is 2.53. The Morgan fingerprint density at radius 1 is 0.683 bits per heavy atom. The van der Waals surface area contributed by atoms with Crippen LogP contribution in [0.25, 0.3) is 21.9 Å². The zero-order valence-corrected chi connectivity index (χ0v) is 22.8.